The van der Waals surface area contributed by atoms with E-state index in [0.29, 0.717) is 22.9 Å². The van der Waals surface area contributed by atoms with Crippen molar-refractivity contribution in [3.8, 4) is 17.2 Å². The molecule has 0 saturated carbocycles. The van der Waals surface area contributed by atoms with Crippen molar-refractivity contribution in [1.82, 2.24) is 0 Å². The first-order chi connectivity index (χ1) is 13.8. The van der Waals surface area contributed by atoms with Crippen LogP contribution in [0.15, 0.2) is 41.4 Å². The minimum Gasteiger partial charge on any atom is -0.496 e. The van der Waals surface area contributed by atoms with Gasteiger partial charge in [0.05, 0.1) is 25.8 Å². The predicted octanol–water partition coefficient (Wildman–Crippen LogP) is 3.77. The molecule has 2 unspecified atom stereocenters. The van der Waals surface area contributed by atoms with Crippen molar-refractivity contribution in [1.29, 1.82) is 0 Å². The number of rotatable bonds is 4. The fourth-order valence-corrected chi connectivity index (χ4v) is 4.28. The number of fused-ring (bicyclic) bond motifs is 2. The van der Waals surface area contributed by atoms with E-state index in [2.05, 4.69) is 4.99 Å². The van der Waals surface area contributed by atoms with Crippen LogP contribution in [-0.4, -0.2) is 43.3 Å². The van der Waals surface area contributed by atoms with E-state index in [0.717, 1.165) is 11.3 Å². The molecule has 0 aliphatic carbocycles. The molecule has 2 atom stereocenters. The highest BCUT2D eigenvalue weighted by molar-refractivity contribution is 5.92. The number of nitrogens with zero attached hydrogens (tertiary/aromatic N) is 2. The SMILES string of the molecule is COc1cc(OC)c2c(c1)OC1(C=N2)N(C(C)C(=O)O)c2ccccc2C1(C)C. The Morgan fingerprint density at radius 3 is 2.59 bits per heavy atom. The van der Waals surface area contributed by atoms with Crippen molar-refractivity contribution in [2.45, 2.75) is 38.0 Å². The number of ether oxygens (including phenoxy) is 3. The Morgan fingerprint density at radius 1 is 1.21 bits per heavy atom. The molecule has 4 rings (SSSR count). The third-order valence-electron chi connectivity index (χ3n) is 5.94. The molecule has 152 valence electrons. The Balaban J connectivity index is 1.95. The maximum Gasteiger partial charge on any atom is 0.326 e. The van der Waals surface area contributed by atoms with Gasteiger partial charge in [0.15, 0.2) is 11.5 Å². The summed E-state index contributed by atoms with van der Waals surface area (Å²) in [5, 5.41) is 9.83. The van der Waals surface area contributed by atoms with Crippen LogP contribution < -0.4 is 19.1 Å². The minimum absolute atomic E-state index is 0.479. The third-order valence-corrected chi connectivity index (χ3v) is 5.94. The topological polar surface area (TPSA) is 80.6 Å². The van der Waals surface area contributed by atoms with E-state index in [1.807, 2.05) is 38.1 Å². The van der Waals surface area contributed by atoms with E-state index < -0.39 is 23.2 Å². The number of benzene rings is 2. The number of aliphatic carboxylic acids is 1. The molecule has 2 heterocycles. The molecule has 29 heavy (non-hydrogen) atoms. The lowest BCUT2D eigenvalue weighted by atomic mass is 9.77. The first-order valence-corrected chi connectivity index (χ1v) is 9.38. The molecule has 2 aliphatic heterocycles. The molecule has 0 radical (unpaired) electrons. The highest BCUT2D eigenvalue weighted by Gasteiger charge is 2.61. The predicted molar refractivity (Wildman–Crippen MR) is 110 cm³/mol. The van der Waals surface area contributed by atoms with Crippen molar-refractivity contribution in [2.75, 3.05) is 19.1 Å². The number of para-hydroxylation sites is 1. The molecule has 2 aromatic rings. The van der Waals surface area contributed by atoms with Gasteiger partial charge in [0.1, 0.15) is 17.5 Å². The molecule has 0 saturated heterocycles. The summed E-state index contributed by atoms with van der Waals surface area (Å²) in [5.74, 6) is 0.630. The Kier molecular flexibility index (Phi) is 4.22. The molecule has 2 aromatic carbocycles. The van der Waals surface area contributed by atoms with Gasteiger partial charge in [-0.1, -0.05) is 18.2 Å². The first kappa shape index (κ1) is 19.1. The van der Waals surface area contributed by atoms with Gasteiger partial charge in [0.25, 0.3) is 0 Å². The normalized spacial score (nSPS) is 21.9. The number of anilines is 1. The number of carboxylic acids is 1. The summed E-state index contributed by atoms with van der Waals surface area (Å²) in [4.78, 5) is 18.5. The molecular weight excluding hydrogens is 372 g/mol. The zero-order valence-corrected chi connectivity index (χ0v) is 17.1. The maximum absolute atomic E-state index is 12.0. The molecule has 2 aliphatic rings. The first-order valence-electron chi connectivity index (χ1n) is 9.38. The zero-order valence-electron chi connectivity index (χ0n) is 17.1. The van der Waals surface area contributed by atoms with E-state index in [1.165, 1.54) is 0 Å². The summed E-state index contributed by atoms with van der Waals surface area (Å²) >= 11 is 0. The van der Waals surface area contributed by atoms with Crippen LogP contribution in [0.25, 0.3) is 0 Å². The van der Waals surface area contributed by atoms with Crippen LogP contribution in [-0.2, 0) is 10.2 Å². The van der Waals surface area contributed by atoms with E-state index in [1.54, 1.807) is 44.4 Å². The number of hydrogen-bond acceptors (Lipinski definition) is 6. The molecule has 7 nitrogen and oxygen atoms in total. The maximum atomic E-state index is 12.0. The van der Waals surface area contributed by atoms with Gasteiger partial charge in [-0.25, -0.2) is 9.79 Å². The molecule has 0 fully saturated rings. The van der Waals surface area contributed by atoms with Gasteiger partial charge in [-0.15, -0.1) is 0 Å². The molecule has 1 N–H and O–H groups in total. The van der Waals surface area contributed by atoms with Gasteiger partial charge >= 0.3 is 5.97 Å². The number of methoxy groups -OCH3 is 2. The van der Waals surface area contributed by atoms with E-state index in [4.69, 9.17) is 14.2 Å². The van der Waals surface area contributed by atoms with E-state index in [-0.39, 0.29) is 0 Å². The highest BCUT2D eigenvalue weighted by atomic mass is 16.5. The van der Waals surface area contributed by atoms with Crippen molar-refractivity contribution >= 4 is 23.6 Å². The lowest BCUT2D eigenvalue weighted by molar-refractivity contribution is -0.139. The highest BCUT2D eigenvalue weighted by Crippen LogP contribution is 2.56. The van der Waals surface area contributed by atoms with E-state index in [9.17, 15) is 9.90 Å². The zero-order chi connectivity index (χ0) is 21.0. The van der Waals surface area contributed by atoms with E-state index >= 15 is 0 Å². The van der Waals surface area contributed by atoms with Gasteiger partial charge in [0.2, 0.25) is 5.72 Å². The quantitative estimate of drug-likeness (QED) is 0.847. The smallest absolute Gasteiger partial charge is 0.326 e. The van der Waals surface area contributed by atoms with Crippen LogP contribution in [0, 0.1) is 0 Å². The Labute approximate surface area is 169 Å². The second kappa shape index (κ2) is 6.40. The second-order valence-electron chi connectivity index (χ2n) is 7.76. The van der Waals surface area contributed by atoms with Crippen molar-refractivity contribution in [3.63, 3.8) is 0 Å². The van der Waals surface area contributed by atoms with Gasteiger partial charge in [-0.3, -0.25) is 0 Å². The van der Waals surface area contributed by atoms with Gasteiger partial charge in [-0.2, -0.15) is 0 Å². The summed E-state index contributed by atoms with van der Waals surface area (Å²) in [5.41, 5.74) is 0.660. The van der Waals surface area contributed by atoms with Crippen LogP contribution in [0.1, 0.15) is 26.3 Å². The number of hydrogen-bond donors (Lipinski definition) is 1. The molecule has 0 bridgehead atoms. The Hall–Kier alpha value is -3.22. The minimum atomic E-state index is -1.13. The third kappa shape index (κ3) is 2.50. The van der Waals surface area contributed by atoms with Gasteiger partial charge in [0, 0.05) is 17.8 Å². The van der Waals surface area contributed by atoms with Crippen molar-refractivity contribution < 1.29 is 24.1 Å². The summed E-state index contributed by atoms with van der Waals surface area (Å²) in [7, 11) is 3.13. The number of carboxylic acid groups (broad SMARTS) is 1. The number of carbonyl (C=O) groups is 1. The van der Waals surface area contributed by atoms with Crippen molar-refractivity contribution in [2.24, 2.45) is 4.99 Å². The van der Waals surface area contributed by atoms with Gasteiger partial charge in [-0.05, 0) is 32.4 Å². The number of aliphatic imine (C=N–C) groups is 1. The van der Waals surface area contributed by atoms with Crippen LogP contribution in [0.5, 0.6) is 17.2 Å². The van der Waals surface area contributed by atoms with Crippen LogP contribution in [0.4, 0.5) is 11.4 Å². The summed E-state index contributed by atoms with van der Waals surface area (Å²) in [6.07, 6.45) is 1.70. The Bertz CT molecular complexity index is 1020. The fourth-order valence-electron chi connectivity index (χ4n) is 4.28. The van der Waals surface area contributed by atoms with Gasteiger partial charge < -0.3 is 24.2 Å². The average Bonchev–Trinajstić information content (AvgIpc) is 2.90. The standard InChI is InChI=1S/C22H24N2O5/c1-13(20(25)26)24-16-9-7-6-8-15(16)21(2,3)22(24)12-23-19-17(28-5)10-14(27-4)11-18(19)29-22/h6-13H,1-5H3,(H,25,26). The Morgan fingerprint density at radius 2 is 1.93 bits per heavy atom. The van der Waals surface area contributed by atoms with Crippen LogP contribution in [0.2, 0.25) is 0 Å². The lowest BCUT2D eigenvalue weighted by Gasteiger charge is -2.47. The summed E-state index contributed by atoms with van der Waals surface area (Å²) in [6, 6.07) is 10.4. The van der Waals surface area contributed by atoms with Crippen molar-refractivity contribution in [3.05, 3.63) is 42.0 Å². The molecule has 7 heteroatoms. The summed E-state index contributed by atoms with van der Waals surface area (Å²) < 4.78 is 17.4. The molecular formula is C22H24N2O5. The summed E-state index contributed by atoms with van der Waals surface area (Å²) in [6.45, 7) is 5.73. The molecule has 1 spiro atoms. The monoisotopic (exact) mass is 396 g/mol. The fraction of sp³-hybridized carbons (Fsp3) is 0.364. The van der Waals surface area contributed by atoms with Crippen LogP contribution in [0.3, 0.4) is 0 Å². The largest absolute Gasteiger partial charge is 0.496 e. The average molecular weight is 396 g/mol. The molecule has 0 amide bonds. The second-order valence-corrected chi connectivity index (χ2v) is 7.76. The lowest BCUT2D eigenvalue weighted by Crippen LogP contribution is -2.65. The van der Waals surface area contributed by atoms with Crippen LogP contribution >= 0.6 is 0 Å². The molecule has 0 aromatic heterocycles.